The van der Waals surface area contributed by atoms with Crippen LogP contribution in [-0.2, 0) is 16.1 Å². The summed E-state index contributed by atoms with van der Waals surface area (Å²) >= 11 is 1.46. The molecule has 2 aromatic carbocycles. The molecule has 8 heteroatoms. The van der Waals surface area contributed by atoms with Crippen molar-refractivity contribution in [3.63, 3.8) is 0 Å². The Morgan fingerprint density at radius 1 is 1.00 bits per heavy atom. The van der Waals surface area contributed by atoms with Crippen LogP contribution in [0.5, 0.6) is 11.5 Å². The van der Waals surface area contributed by atoms with Crippen molar-refractivity contribution in [3.8, 4) is 22.6 Å². The largest absolute Gasteiger partial charge is 0.494 e. The number of carbonyl (C=O) groups excluding carboxylic acids is 1. The summed E-state index contributed by atoms with van der Waals surface area (Å²) in [5, 5.41) is 0.504. The number of aromatic nitrogens is 2. The van der Waals surface area contributed by atoms with E-state index in [-0.39, 0.29) is 25.3 Å². The van der Waals surface area contributed by atoms with Crippen LogP contribution in [0.4, 0.5) is 0 Å². The predicted molar refractivity (Wildman–Crippen MR) is 128 cm³/mol. The lowest BCUT2D eigenvalue weighted by atomic mass is 10.0. The molecule has 7 nitrogen and oxygen atoms in total. The van der Waals surface area contributed by atoms with Gasteiger partial charge in [-0.05, 0) is 43.7 Å². The van der Waals surface area contributed by atoms with Crippen molar-refractivity contribution < 1.29 is 19.0 Å². The molecule has 2 heterocycles. The fraction of sp³-hybridized carbons (Fsp3) is 0.240. The van der Waals surface area contributed by atoms with E-state index in [1.165, 1.54) is 22.2 Å². The highest BCUT2D eigenvalue weighted by molar-refractivity contribution is 7.19. The Hall–Kier alpha value is -3.65. The minimum absolute atomic E-state index is 0.0904. The maximum atomic E-state index is 13.2. The summed E-state index contributed by atoms with van der Waals surface area (Å²) in [6.07, 6.45) is 1.39. The first kappa shape index (κ1) is 22.5. The molecule has 2 aromatic heterocycles. The third-order valence-corrected chi connectivity index (χ3v) is 5.98. The van der Waals surface area contributed by atoms with Gasteiger partial charge < -0.3 is 14.2 Å². The number of carbonyl (C=O) groups is 1. The highest BCUT2D eigenvalue weighted by atomic mass is 32.1. The van der Waals surface area contributed by atoms with E-state index in [0.29, 0.717) is 22.6 Å². The van der Waals surface area contributed by atoms with E-state index in [2.05, 4.69) is 4.98 Å². The van der Waals surface area contributed by atoms with Crippen LogP contribution in [0.25, 0.3) is 21.3 Å². The topological polar surface area (TPSA) is 79.7 Å². The number of esters is 1. The molecule has 0 aliphatic carbocycles. The maximum Gasteiger partial charge on any atom is 0.326 e. The van der Waals surface area contributed by atoms with Crippen LogP contribution in [-0.4, -0.2) is 35.3 Å². The second-order valence-corrected chi connectivity index (χ2v) is 8.43. The lowest BCUT2D eigenvalue weighted by Crippen LogP contribution is -2.26. The summed E-state index contributed by atoms with van der Waals surface area (Å²) in [4.78, 5) is 31.6. The lowest BCUT2D eigenvalue weighted by Gasteiger charge is -2.09. The molecule has 33 heavy (non-hydrogen) atoms. The van der Waals surface area contributed by atoms with Gasteiger partial charge in [0.1, 0.15) is 36.1 Å². The second-order valence-electron chi connectivity index (χ2n) is 7.23. The maximum absolute atomic E-state index is 13.2. The Morgan fingerprint density at radius 2 is 1.73 bits per heavy atom. The van der Waals surface area contributed by atoms with Crippen LogP contribution >= 0.6 is 11.3 Å². The number of rotatable bonds is 9. The molecule has 170 valence electrons. The van der Waals surface area contributed by atoms with Crippen LogP contribution in [0.1, 0.15) is 11.8 Å². The van der Waals surface area contributed by atoms with Crippen molar-refractivity contribution in [1.29, 1.82) is 0 Å². The molecule has 4 aromatic rings. The minimum atomic E-state index is -0.524. The number of fused-ring (bicyclic) bond motifs is 1. The van der Waals surface area contributed by atoms with Gasteiger partial charge in [0.15, 0.2) is 0 Å². The van der Waals surface area contributed by atoms with Gasteiger partial charge in [-0.25, -0.2) is 4.98 Å². The first-order valence-electron chi connectivity index (χ1n) is 10.6. The molecule has 0 fully saturated rings. The zero-order valence-electron chi connectivity index (χ0n) is 18.4. The molecule has 4 rings (SSSR count). The molecular formula is C25H24N2O5S. The highest BCUT2D eigenvalue weighted by Crippen LogP contribution is 2.36. The molecule has 0 radical (unpaired) electrons. The van der Waals surface area contributed by atoms with Crippen molar-refractivity contribution in [1.82, 2.24) is 9.55 Å². The number of hydrogen-bond donors (Lipinski definition) is 0. The quantitative estimate of drug-likeness (QED) is 0.269. The van der Waals surface area contributed by atoms with Gasteiger partial charge in [0.25, 0.3) is 5.56 Å². The lowest BCUT2D eigenvalue weighted by molar-refractivity contribution is -0.145. The fourth-order valence-corrected chi connectivity index (χ4v) is 4.50. The van der Waals surface area contributed by atoms with Crippen molar-refractivity contribution in [2.24, 2.45) is 0 Å². The number of hydrogen-bond acceptors (Lipinski definition) is 7. The summed E-state index contributed by atoms with van der Waals surface area (Å²) in [6, 6.07) is 16.9. The van der Waals surface area contributed by atoms with E-state index in [9.17, 15) is 9.59 Å². The Labute approximate surface area is 195 Å². The summed E-state index contributed by atoms with van der Waals surface area (Å²) in [7, 11) is 0. The standard InChI is InChI=1S/C25H24N2O5S/c1-3-30-20-11-9-18(10-12-20)22-17(2)33-24-23(22)25(29)27(16-26-24)15-21(28)32-14-13-31-19-7-5-4-6-8-19/h4-12,16H,3,13-15H2,1-2H3. The third kappa shape index (κ3) is 5.23. The van der Waals surface area contributed by atoms with Crippen LogP contribution in [0.3, 0.4) is 0 Å². The molecule has 0 bridgehead atoms. The summed E-state index contributed by atoms with van der Waals surface area (Å²) in [5.74, 6) is 0.950. The van der Waals surface area contributed by atoms with Gasteiger partial charge >= 0.3 is 5.97 Å². The van der Waals surface area contributed by atoms with Gasteiger partial charge in [-0.1, -0.05) is 30.3 Å². The second kappa shape index (κ2) is 10.3. The van der Waals surface area contributed by atoms with Crippen molar-refractivity contribution in [2.45, 2.75) is 20.4 Å². The SMILES string of the molecule is CCOc1ccc(-c2c(C)sc3ncn(CC(=O)OCCOc4ccccc4)c(=O)c23)cc1. The van der Waals surface area contributed by atoms with Crippen LogP contribution in [0.15, 0.2) is 65.7 Å². The molecule has 0 amide bonds. The van der Waals surface area contributed by atoms with Crippen molar-refractivity contribution in [3.05, 3.63) is 76.2 Å². The Balaban J connectivity index is 1.48. The van der Waals surface area contributed by atoms with Crippen LogP contribution < -0.4 is 15.0 Å². The van der Waals surface area contributed by atoms with E-state index < -0.39 is 5.97 Å². The van der Waals surface area contributed by atoms with E-state index >= 15 is 0 Å². The Morgan fingerprint density at radius 3 is 2.45 bits per heavy atom. The molecule has 0 saturated heterocycles. The minimum Gasteiger partial charge on any atom is -0.494 e. The van der Waals surface area contributed by atoms with Crippen molar-refractivity contribution >= 4 is 27.5 Å². The molecule has 0 unspecified atom stereocenters. The van der Waals surface area contributed by atoms with Gasteiger partial charge in [-0.3, -0.25) is 14.2 Å². The average molecular weight is 465 g/mol. The van der Waals surface area contributed by atoms with E-state index in [1.54, 1.807) is 0 Å². The van der Waals surface area contributed by atoms with Crippen LogP contribution in [0, 0.1) is 6.92 Å². The first-order valence-corrected chi connectivity index (χ1v) is 11.4. The summed E-state index contributed by atoms with van der Waals surface area (Å²) in [5.41, 5.74) is 1.46. The Bertz CT molecular complexity index is 1300. The molecule has 0 aliphatic rings. The number of nitrogens with zero attached hydrogens (tertiary/aromatic N) is 2. The zero-order chi connectivity index (χ0) is 23.2. The summed E-state index contributed by atoms with van der Waals surface area (Å²) in [6.45, 7) is 4.58. The van der Waals surface area contributed by atoms with Gasteiger partial charge in [0.05, 0.1) is 18.3 Å². The molecule has 0 spiro atoms. The molecule has 0 N–H and O–H groups in total. The molecule has 0 atom stereocenters. The monoisotopic (exact) mass is 464 g/mol. The number of benzene rings is 2. The number of para-hydroxylation sites is 1. The molecule has 0 saturated carbocycles. The van der Waals surface area contributed by atoms with Crippen molar-refractivity contribution in [2.75, 3.05) is 19.8 Å². The normalized spacial score (nSPS) is 10.8. The predicted octanol–water partition coefficient (Wildman–Crippen LogP) is 4.45. The van der Waals surface area contributed by atoms with Gasteiger partial charge in [-0.15, -0.1) is 11.3 Å². The van der Waals surface area contributed by atoms with E-state index in [1.807, 2.05) is 68.4 Å². The van der Waals surface area contributed by atoms with Gasteiger partial charge in [0.2, 0.25) is 0 Å². The number of thiophene rings is 1. The van der Waals surface area contributed by atoms with Crippen LogP contribution in [0.2, 0.25) is 0 Å². The number of aryl methyl sites for hydroxylation is 1. The first-order chi connectivity index (χ1) is 16.1. The van der Waals surface area contributed by atoms with Gasteiger partial charge in [0, 0.05) is 10.4 Å². The number of ether oxygens (including phenoxy) is 3. The van der Waals surface area contributed by atoms with E-state index in [0.717, 1.165) is 21.8 Å². The third-order valence-electron chi connectivity index (χ3n) is 4.97. The highest BCUT2D eigenvalue weighted by Gasteiger charge is 2.18. The zero-order valence-corrected chi connectivity index (χ0v) is 19.3. The molecule has 0 aliphatic heterocycles. The van der Waals surface area contributed by atoms with E-state index in [4.69, 9.17) is 14.2 Å². The average Bonchev–Trinajstić information content (AvgIpc) is 3.17. The summed E-state index contributed by atoms with van der Waals surface area (Å²) < 4.78 is 17.5. The smallest absolute Gasteiger partial charge is 0.326 e. The molecular weight excluding hydrogens is 440 g/mol. The fourth-order valence-electron chi connectivity index (χ4n) is 3.50. The Kier molecular flexibility index (Phi) is 7.04. The van der Waals surface area contributed by atoms with Gasteiger partial charge in [-0.2, -0.15) is 0 Å².